The number of alkyl halides is 3. The third-order valence-electron chi connectivity index (χ3n) is 3.11. The number of nitrogens with one attached hydrogen (secondary N) is 1. The zero-order chi connectivity index (χ0) is 17.1. The van der Waals surface area contributed by atoms with Crippen LogP contribution in [0.3, 0.4) is 0 Å². The van der Waals surface area contributed by atoms with Gasteiger partial charge >= 0.3 is 6.18 Å². The van der Waals surface area contributed by atoms with Crippen molar-refractivity contribution >= 4 is 21.6 Å². The standard InChI is InChI=1S/C15H13ClF3NO2S/c16-13-3-1-2-4-14(13)23(21,22)20-10-9-11-5-7-12(8-6-11)15(17,18)19/h1-8,20H,9-10H2. The second-order valence-electron chi connectivity index (χ2n) is 4.77. The molecule has 0 aliphatic rings. The van der Waals surface area contributed by atoms with Gasteiger partial charge in [0.25, 0.3) is 0 Å². The molecule has 2 aromatic carbocycles. The Kier molecular flexibility index (Phi) is 5.33. The number of rotatable bonds is 5. The van der Waals surface area contributed by atoms with Gasteiger partial charge < -0.3 is 0 Å². The Morgan fingerprint density at radius 1 is 1.00 bits per heavy atom. The Morgan fingerprint density at radius 2 is 1.61 bits per heavy atom. The summed E-state index contributed by atoms with van der Waals surface area (Å²) >= 11 is 5.84. The van der Waals surface area contributed by atoms with Crippen LogP contribution in [-0.4, -0.2) is 15.0 Å². The van der Waals surface area contributed by atoms with E-state index < -0.39 is 21.8 Å². The van der Waals surface area contributed by atoms with Crippen LogP contribution in [0.4, 0.5) is 13.2 Å². The molecule has 2 aromatic rings. The molecule has 8 heteroatoms. The van der Waals surface area contributed by atoms with Gasteiger partial charge in [0.2, 0.25) is 10.0 Å². The van der Waals surface area contributed by atoms with E-state index in [1.165, 1.54) is 24.3 Å². The summed E-state index contributed by atoms with van der Waals surface area (Å²) in [5, 5.41) is 0.106. The predicted molar refractivity (Wildman–Crippen MR) is 81.8 cm³/mol. The minimum absolute atomic E-state index is 0.0333. The summed E-state index contributed by atoms with van der Waals surface area (Å²) in [6.45, 7) is 0.0545. The molecule has 0 unspecified atom stereocenters. The van der Waals surface area contributed by atoms with E-state index in [0.717, 1.165) is 12.1 Å². The highest BCUT2D eigenvalue weighted by Crippen LogP contribution is 2.29. The number of halogens is 4. The summed E-state index contributed by atoms with van der Waals surface area (Å²) in [7, 11) is -3.75. The van der Waals surface area contributed by atoms with Crippen LogP contribution in [0.1, 0.15) is 11.1 Å². The quantitative estimate of drug-likeness (QED) is 0.876. The maximum absolute atomic E-state index is 12.4. The lowest BCUT2D eigenvalue weighted by Crippen LogP contribution is -2.26. The van der Waals surface area contributed by atoms with Crippen molar-refractivity contribution in [3.63, 3.8) is 0 Å². The van der Waals surface area contributed by atoms with Crippen molar-refractivity contribution in [1.29, 1.82) is 0 Å². The minimum atomic E-state index is -4.38. The number of sulfonamides is 1. The van der Waals surface area contributed by atoms with Crippen molar-refractivity contribution in [3.05, 3.63) is 64.7 Å². The van der Waals surface area contributed by atoms with Crippen molar-refractivity contribution < 1.29 is 21.6 Å². The first-order valence-electron chi connectivity index (χ1n) is 6.60. The highest BCUT2D eigenvalue weighted by Gasteiger charge is 2.29. The fourth-order valence-corrected chi connectivity index (χ4v) is 3.48. The smallest absolute Gasteiger partial charge is 0.211 e. The molecule has 0 aliphatic carbocycles. The van der Waals surface area contributed by atoms with Gasteiger partial charge in [-0.05, 0) is 36.2 Å². The molecule has 0 aromatic heterocycles. The summed E-state index contributed by atoms with van der Waals surface area (Å²) < 4.78 is 63.9. The van der Waals surface area contributed by atoms with Crippen LogP contribution in [-0.2, 0) is 22.6 Å². The van der Waals surface area contributed by atoms with Crippen LogP contribution in [0.25, 0.3) is 0 Å². The third-order valence-corrected chi connectivity index (χ3v) is 5.07. The maximum Gasteiger partial charge on any atom is 0.416 e. The largest absolute Gasteiger partial charge is 0.416 e. The first-order valence-corrected chi connectivity index (χ1v) is 8.46. The topological polar surface area (TPSA) is 46.2 Å². The molecule has 0 atom stereocenters. The SMILES string of the molecule is O=S(=O)(NCCc1ccc(C(F)(F)F)cc1)c1ccccc1Cl. The highest BCUT2D eigenvalue weighted by molar-refractivity contribution is 7.89. The fraction of sp³-hybridized carbons (Fsp3) is 0.200. The van der Waals surface area contributed by atoms with Gasteiger partial charge in [-0.2, -0.15) is 13.2 Å². The molecule has 2 rings (SSSR count). The van der Waals surface area contributed by atoms with Crippen molar-refractivity contribution in [2.45, 2.75) is 17.5 Å². The molecule has 1 N–H and O–H groups in total. The molecule has 124 valence electrons. The van der Waals surface area contributed by atoms with E-state index in [4.69, 9.17) is 11.6 Å². The summed E-state index contributed by atoms with van der Waals surface area (Å²) in [5.41, 5.74) is -0.141. The van der Waals surface area contributed by atoms with E-state index in [2.05, 4.69) is 4.72 Å². The summed E-state index contributed by atoms with van der Waals surface area (Å²) in [4.78, 5) is -0.0333. The number of benzene rings is 2. The highest BCUT2D eigenvalue weighted by atomic mass is 35.5. The Labute approximate surface area is 137 Å². The first-order chi connectivity index (χ1) is 10.7. The Balaban J connectivity index is 1.98. The zero-order valence-electron chi connectivity index (χ0n) is 11.8. The van der Waals surface area contributed by atoms with E-state index in [0.29, 0.717) is 5.56 Å². The van der Waals surface area contributed by atoms with E-state index in [1.54, 1.807) is 12.1 Å². The molecule has 0 saturated carbocycles. The lowest BCUT2D eigenvalue weighted by atomic mass is 10.1. The molecule has 0 spiro atoms. The van der Waals surface area contributed by atoms with Crippen molar-refractivity contribution in [3.8, 4) is 0 Å². The van der Waals surface area contributed by atoms with Crippen LogP contribution >= 0.6 is 11.6 Å². The van der Waals surface area contributed by atoms with Gasteiger partial charge in [-0.15, -0.1) is 0 Å². The van der Waals surface area contributed by atoms with Crippen LogP contribution in [0.5, 0.6) is 0 Å². The normalized spacial score (nSPS) is 12.3. The predicted octanol–water partition coefficient (Wildman–Crippen LogP) is 3.88. The van der Waals surface area contributed by atoms with Gasteiger partial charge in [0.1, 0.15) is 4.90 Å². The Hall–Kier alpha value is -1.57. The third kappa shape index (κ3) is 4.70. The van der Waals surface area contributed by atoms with E-state index in [9.17, 15) is 21.6 Å². The number of hydrogen-bond acceptors (Lipinski definition) is 2. The van der Waals surface area contributed by atoms with Gasteiger partial charge in [0.05, 0.1) is 10.6 Å². The van der Waals surface area contributed by atoms with Crippen molar-refractivity contribution in [1.82, 2.24) is 4.72 Å². The average Bonchev–Trinajstić information content (AvgIpc) is 2.47. The van der Waals surface area contributed by atoms with E-state index >= 15 is 0 Å². The fourth-order valence-electron chi connectivity index (χ4n) is 1.93. The summed E-state index contributed by atoms with van der Waals surface area (Å²) in [6.07, 6.45) is -4.12. The minimum Gasteiger partial charge on any atom is -0.211 e. The molecular weight excluding hydrogens is 351 g/mol. The first kappa shape index (κ1) is 17.8. The average molecular weight is 364 g/mol. The lowest BCUT2D eigenvalue weighted by Gasteiger charge is -2.09. The molecule has 0 fully saturated rings. The lowest BCUT2D eigenvalue weighted by molar-refractivity contribution is -0.137. The monoisotopic (exact) mass is 363 g/mol. The summed E-state index contributed by atoms with van der Waals surface area (Å²) in [5.74, 6) is 0. The Bertz CT molecular complexity index is 774. The molecule has 0 amide bonds. The summed E-state index contributed by atoms with van der Waals surface area (Å²) in [6, 6.07) is 10.6. The van der Waals surface area contributed by atoms with Gasteiger partial charge in [-0.1, -0.05) is 35.9 Å². The van der Waals surface area contributed by atoms with E-state index in [-0.39, 0.29) is 22.9 Å². The molecule has 0 radical (unpaired) electrons. The molecule has 23 heavy (non-hydrogen) atoms. The molecule has 3 nitrogen and oxygen atoms in total. The second kappa shape index (κ2) is 6.90. The van der Waals surface area contributed by atoms with Gasteiger partial charge in [-0.25, -0.2) is 13.1 Å². The van der Waals surface area contributed by atoms with Crippen molar-refractivity contribution in [2.24, 2.45) is 0 Å². The molecular formula is C15H13ClF3NO2S. The Morgan fingerprint density at radius 3 is 2.17 bits per heavy atom. The van der Waals surface area contributed by atoms with Gasteiger partial charge in [-0.3, -0.25) is 0 Å². The zero-order valence-corrected chi connectivity index (χ0v) is 13.3. The van der Waals surface area contributed by atoms with Crippen LogP contribution in [0.2, 0.25) is 5.02 Å². The molecule has 0 aliphatic heterocycles. The number of hydrogen-bond donors (Lipinski definition) is 1. The molecule has 0 bridgehead atoms. The van der Waals surface area contributed by atoms with Gasteiger partial charge in [0, 0.05) is 6.54 Å². The second-order valence-corrected chi connectivity index (χ2v) is 6.92. The molecule has 0 saturated heterocycles. The van der Waals surface area contributed by atoms with Crippen LogP contribution in [0, 0.1) is 0 Å². The van der Waals surface area contributed by atoms with Crippen LogP contribution < -0.4 is 4.72 Å². The van der Waals surface area contributed by atoms with Crippen molar-refractivity contribution in [2.75, 3.05) is 6.54 Å². The van der Waals surface area contributed by atoms with E-state index in [1.807, 2.05) is 0 Å². The van der Waals surface area contributed by atoms with Gasteiger partial charge in [0.15, 0.2) is 0 Å². The van der Waals surface area contributed by atoms with Crippen LogP contribution in [0.15, 0.2) is 53.4 Å². The maximum atomic E-state index is 12.4. The molecule has 0 heterocycles.